The summed E-state index contributed by atoms with van der Waals surface area (Å²) in [4.78, 5) is 1.25. The summed E-state index contributed by atoms with van der Waals surface area (Å²) < 4.78 is 1.83. The van der Waals surface area contributed by atoms with Crippen molar-refractivity contribution in [3.05, 3.63) is 23.2 Å². The molecule has 4 heteroatoms. The van der Waals surface area contributed by atoms with Crippen molar-refractivity contribution in [1.82, 2.24) is 9.78 Å². The quantitative estimate of drug-likeness (QED) is 0.897. The molecule has 0 aromatic carbocycles. The third kappa shape index (κ3) is 1.75. The SMILES string of the molecule is CC1CCCC1c1nn(C)c(N)c1-c1cccs1. The maximum Gasteiger partial charge on any atom is 0.130 e. The number of nitrogens with zero attached hydrogens (tertiary/aromatic N) is 2. The molecule has 0 saturated heterocycles. The van der Waals surface area contributed by atoms with Crippen LogP contribution in [0.3, 0.4) is 0 Å². The molecule has 2 atom stereocenters. The van der Waals surface area contributed by atoms with Gasteiger partial charge in [-0.05, 0) is 23.8 Å². The highest BCUT2D eigenvalue weighted by Crippen LogP contribution is 2.44. The maximum atomic E-state index is 6.21. The van der Waals surface area contributed by atoms with Crippen molar-refractivity contribution in [2.45, 2.75) is 32.1 Å². The van der Waals surface area contributed by atoms with Crippen molar-refractivity contribution in [2.75, 3.05) is 5.73 Å². The average molecular weight is 261 g/mol. The molecule has 0 amide bonds. The number of nitrogen functional groups attached to an aromatic ring is 1. The summed E-state index contributed by atoms with van der Waals surface area (Å²) in [5.74, 6) is 2.09. The first-order chi connectivity index (χ1) is 8.68. The summed E-state index contributed by atoms with van der Waals surface area (Å²) >= 11 is 1.74. The van der Waals surface area contributed by atoms with Crippen LogP contribution in [-0.4, -0.2) is 9.78 Å². The molecule has 96 valence electrons. The van der Waals surface area contributed by atoms with Gasteiger partial charge in [0.2, 0.25) is 0 Å². The lowest BCUT2D eigenvalue weighted by Crippen LogP contribution is -2.04. The Morgan fingerprint density at radius 2 is 2.28 bits per heavy atom. The number of hydrogen-bond acceptors (Lipinski definition) is 3. The molecule has 1 aliphatic rings. The van der Waals surface area contributed by atoms with Gasteiger partial charge in [0.25, 0.3) is 0 Å². The normalized spacial score (nSPS) is 23.7. The molecule has 0 radical (unpaired) electrons. The van der Waals surface area contributed by atoms with Crippen LogP contribution in [-0.2, 0) is 7.05 Å². The second kappa shape index (κ2) is 4.43. The molecule has 2 aromatic rings. The van der Waals surface area contributed by atoms with E-state index in [0.717, 1.165) is 11.7 Å². The third-order valence-electron chi connectivity index (χ3n) is 4.10. The number of rotatable bonds is 2. The number of aryl methyl sites for hydroxylation is 1. The number of thiophene rings is 1. The van der Waals surface area contributed by atoms with Crippen molar-refractivity contribution < 1.29 is 0 Å². The van der Waals surface area contributed by atoms with E-state index in [-0.39, 0.29) is 0 Å². The van der Waals surface area contributed by atoms with E-state index in [1.807, 2.05) is 11.7 Å². The van der Waals surface area contributed by atoms with Gasteiger partial charge in [0, 0.05) is 17.8 Å². The Balaban J connectivity index is 2.12. The van der Waals surface area contributed by atoms with E-state index in [4.69, 9.17) is 10.8 Å². The standard InChI is InChI=1S/C14H19N3S/c1-9-5-3-6-10(9)13-12(11-7-4-8-18-11)14(15)17(2)16-13/h4,7-10H,3,5-6,15H2,1-2H3. The monoisotopic (exact) mass is 261 g/mol. The number of hydrogen-bond donors (Lipinski definition) is 1. The number of aromatic nitrogens is 2. The van der Waals surface area contributed by atoms with E-state index in [0.29, 0.717) is 5.92 Å². The molecule has 18 heavy (non-hydrogen) atoms. The molecule has 1 fully saturated rings. The van der Waals surface area contributed by atoms with Crippen molar-refractivity contribution >= 4 is 17.2 Å². The first kappa shape index (κ1) is 11.8. The van der Waals surface area contributed by atoms with Gasteiger partial charge >= 0.3 is 0 Å². The summed E-state index contributed by atoms with van der Waals surface area (Å²) in [6.07, 6.45) is 3.87. The van der Waals surface area contributed by atoms with Gasteiger partial charge in [-0.2, -0.15) is 5.10 Å². The highest BCUT2D eigenvalue weighted by Gasteiger charge is 2.31. The molecular weight excluding hydrogens is 242 g/mol. The van der Waals surface area contributed by atoms with Gasteiger partial charge in [-0.15, -0.1) is 11.3 Å². The fraction of sp³-hybridized carbons (Fsp3) is 0.500. The molecular formula is C14H19N3S. The molecule has 1 aliphatic carbocycles. The van der Waals surface area contributed by atoms with Gasteiger partial charge < -0.3 is 5.73 Å². The first-order valence-electron chi connectivity index (χ1n) is 6.54. The van der Waals surface area contributed by atoms with Gasteiger partial charge in [-0.3, -0.25) is 4.68 Å². The molecule has 2 aromatic heterocycles. The van der Waals surface area contributed by atoms with Gasteiger partial charge in [0.15, 0.2) is 0 Å². The lowest BCUT2D eigenvalue weighted by molar-refractivity contribution is 0.516. The molecule has 0 bridgehead atoms. The molecule has 3 rings (SSSR count). The maximum absolute atomic E-state index is 6.21. The Labute approximate surface area is 112 Å². The highest BCUT2D eigenvalue weighted by atomic mass is 32.1. The van der Waals surface area contributed by atoms with Crippen LogP contribution in [0.15, 0.2) is 17.5 Å². The first-order valence-corrected chi connectivity index (χ1v) is 7.42. The summed E-state index contributed by atoms with van der Waals surface area (Å²) in [5.41, 5.74) is 8.60. The van der Waals surface area contributed by atoms with E-state index in [1.165, 1.54) is 35.4 Å². The molecule has 2 heterocycles. The lowest BCUT2D eigenvalue weighted by atomic mass is 9.92. The summed E-state index contributed by atoms with van der Waals surface area (Å²) in [6, 6.07) is 4.22. The van der Waals surface area contributed by atoms with E-state index in [2.05, 4.69) is 24.4 Å². The van der Waals surface area contributed by atoms with Gasteiger partial charge in [-0.25, -0.2) is 0 Å². The van der Waals surface area contributed by atoms with Crippen molar-refractivity contribution in [3.63, 3.8) is 0 Å². The Hall–Kier alpha value is -1.29. The van der Waals surface area contributed by atoms with Gasteiger partial charge in [0.1, 0.15) is 5.82 Å². The van der Waals surface area contributed by atoms with Crippen molar-refractivity contribution in [1.29, 1.82) is 0 Å². The Bertz CT molecular complexity index is 542. The van der Waals surface area contributed by atoms with Crippen LogP contribution in [0.5, 0.6) is 0 Å². The van der Waals surface area contributed by atoms with Crippen LogP contribution in [0.2, 0.25) is 0 Å². The molecule has 2 N–H and O–H groups in total. The van der Waals surface area contributed by atoms with Gasteiger partial charge in [-0.1, -0.05) is 25.8 Å². The lowest BCUT2D eigenvalue weighted by Gasteiger charge is -2.14. The predicted molar refractivity (Wildman–Crippen MR) is 76.7 cm³/mol. The highest BCUT2D eigenvalue weighted by molar-refractivity contribution is 7.13. The predicted octanol–water partition coefficient (Wildman–Crippen LogP) is 3.63. The Kier molecular flexibility index (Phi) is 2.90. The van der Waals surface area contributed by atoms with Crippen LogP contribution >= 0.6 is 11.3 Å². The summed E-state index contributed by atoms with van der Waals surface area (Å²) in [7, 11) is 1.94. The van der Waals surface area contributed by atoms with Crippen LogP contribution in [0.4, 0.5) is 5.82 Å². The Morgan fingerprint density at radius 3 is 2.89 bits per heavy atom. The third-order valence-corrected chi connectivity index (χ3v) is 4.99. The van der Waals surface area contributed by atoms with E-state index < -0.39 is 0 Å². The molecule has 3 nitrogen and oxygen atoms in total. The molecule has 2 unspecified atom stereocenters. The molecule has 1 saturated carbocycles. The van der Waals surface area contributed by atoms with E-state index in [1.54, 1.807) is 11.3 Å². The average Bonchev–Trinajstić information content (AvgIpc) is 3.02. The zero-order valence-electron chi connectivity index (χ0n) is 10.9. The second-order valence-corrected chi connectivity index (χ2v) is 6.21. The summed E-state index contributed by atoms with van der Waals surface area (Å²) in [6.45, 7) is 2.33. The van der Waals surface area contributed by atoms with Crippen molar-refractivity contribution in [3.8, 4) is 10.4 Å². The second-order valence-electron chi connectivity index (χ2n) is 5.26. The minimum absolute atomic E-state index is 0.575. The van der Waals surface area contributed by atoms with E-state index in [9.17, 15) is 0 Å². The van der Waals surface area contributed by atoms with Crippen LogP contribution in [0, 0.1) is 5.92 Å². The number of anilines is 1. The summed E-state index contributed by atoms with van der Waals surface area (Å²) in [5, 5.41) is 6.80. The zero-order valence-corrected chi connectivity index (χ0v) is 11.7. The van der Waals surface area contributed by atoms with E-state index >= 15 is 0 Å². The number of nitrogens with two attached hydrogens (primary N) is 1. The topological polar surface area (TPSA) is 43.8 Å². The molecule has 0 spiro atoms. The fourth-order valence-corrected chi connectivity index (χ4v) is 3.83. The largest absolute Gasteiger partial charge is 0.383 e. The fourth-order valence-electron chi connectivity index (χ4n) is 3.04. The van der Waals surface area contributed by atoms with Crippen LogP contribution < -0.4 is 5.73 Å². The van der Waals surface area contributed by atoms with Crippen LogP contribution in [0.25, 0.3) is 10.4 Å². The Morgan fingerprint density at radius 1 is 1.44 bits per heavy atom. The smallest absolute Gasteiger partial charge is 0.130 e. The van der Waals surface area contributed by atoms with Crippen LogP contribution in [0.1, 0.15) is 37.8 Å². The zero-order chi connectivity index (χ0) is 12.7. The minimum Gasteiger partial charge on any atom is -0.383 e. The van der Waals surface area contributed by atoms with Crippen molar-refractivity contribution in [2.24, 2.45) is 13.0 Å². The van der Waals surface area contributed by atoms with Gasteiger partial charge in [0.05, 0.1) is 11.3 Å². The molecule has 0 aliphatic heterocycles. The minimum atomic E-state index is 0.575.